The fourth-order valence-corrected chi connectivity index (χ4v) is 2.99. The normalized spacial score (nSPS) is 25.3. The third-order valence-electron chi connectivity index (χ3n) is 4.34. The van der Waals surface area contributed by atoms with Crippen LogP contribution in [0.25, 0.3) is 0 Å². The quantitative estimate of drug-likeness (QED) is 0.862. The highest BCUT2D eigenvalue weighted by Gasteiger charge is 2.29. The number of piperidine rings is 1. The van der Waals surface area contributed by atoms with E-state index in [-0.39, 0.29) is 6.04 Å². The van der Waals surface area contributed by atoms with Gasteiger partial charge in [0.25, 0.3) is 0 Å². The van der Waals surface area contributed by atoms with Crippen LogP contribution in [0.4, 0.5) is 0 Å². The first-order valence-electron chi connectivity index (χ1n) is 7.37. The molecule has 1 heterocycles. The van der Waals surface area contributed by atoms with Crippen LogP contribution in [0.1, 0.15) is 31.2 Å². The van der Waals surface area contributed by atoms with Gasteiger partial charge < -0.3 is 15.7 Å². The second kappa shape index (κ2) is 6.86. The molecule has 0 bridgehead atoms. The first-order valence-corrected chi connectivity index (χ1v) is 7.37. The van der Waals surface area contributed by atoms with E-state index in [2.05, 4.69) is 11.8 Å². The fraction of sp³-hybridized carbons (Fsp3) is 0.562. The van der Waals surface area contributed by atoms with E-state index < -0.39 is 11.9 Å². The predicted octanol–water partition coefficient (Wildman–Crippen LogP) is 1.91. The summed E-state index contributed by atoms with van der Waals surface area (Å²) in [6.45, 7) is 4.53. The van der Waals surface area contributed by atoms with Crippen molar-refractivity contribution in [3.05, 3.63) is 35.9 Å². The molecule has 3 unspecified atom stereocenters. The highest BCUT2D eigenvalue weighted by Crippen LogP contribution is 2.23. The van der Waals surface area contributed by atoms with Crippen LogP contribution in [0.3, 0.4) is 0 Å². The van der Waals surface area contributed by atoms with Gasteiger partial charge in [-0.25, -0.2) is 0 Å². The SMILES string of the molecule is CCC1CN(CC(C(=O)O)c2ccccc2)CCC1N. The minimum Gasteiger partial charge on any atom is -0.481 e. The van der Waals surface area contributed by atoms with Crippen molar-refractivity contribution in [1.29, 1.82) is 0 Å². The van der Waals surface area contributed by atoms with Crippen LogP contribution in [0.2, 0.25) is 0 Å². The average molecular weight is 276 g/mol. The number of hydrogen-bond donors (Lipinski definition) is 2. The molecule has 1 aliphatic heterocycles. The molecule has 0 radical (unpaired) electrons. The molecule has 1 aliphatic rings. The number of benzene rings is 1. The largest absolute Gasteiger partial charge is 0.481 e. The number of nitrogens with zero attached hydrogens (tertiary/aromatic N) is 1. The zero-order chi connectivity index (χ0) is 14.5. The van der Waals surface area contributed by atoms with E-state index in [0.717, 1.165) is 31.5 Å². The maximum absolute atomic E-state index is 11.5. The summed E-state index contributed by atoms with van der Waals surface area (Å²) < 4.78 is 0. The van der Waals surface area contributed by atoms with Crippen molar-refractivity contribution in [3.63, 3.8) is 0 Å². The molecular formula is C16H24N2O2. The van der Waals surface area contributed by atoms with Gasteiger partial charge in [-0.05, 0) is 24.4 Å². The first-order chi connectivity index (χ1) is 9.61. The summed E-state index contributed by atoms with van der Waals surface area (Å²) in [7, 11) is 0. The maximum Gasteiger partial charge on any atom is 0.312 e. The van der Waals surface area contributed by atoms with Crippen LogP contribution >= 0.6 is 0 Å². The van der Waals surface area contributed by atoms with Crippen molar-refractivity contribution in [1.82, 2.24) is 4.90 Å². The molecular weight excluding hydrogens is 252 g/mol. The predicted molar refractivity (Wildman–Crippen MR) is 79.6 cm³/mol. The lowest BCUT2D eigenvalue weighted by molar-refractivity contribution is -0.139. The van der Waals surface area contributed by atoms with Crippen LogP contribution in [-0.4, -0.2) is 41.7 Å². The summed E-state index contributed by atoms with van der Waals surface area (Å²) in [5.74, 6) is -0.726. The number of carboxylic acids is 1. The Hall–Kier alpha value is -1.39. The number of likely N-dealkylation sites (tertiary alicyclic amines) is 1. The Labute approximate surface area is 120 Å². The summed E-state index contributed by atoms with van der Waals surface area (Å²) in [4.78, 5) is 13.8. The molecule has 1 aromatic rings. The van der Waals surface area contributed by atoms with Gasteiger partial charge in [0.05, 0.1) is 5.92 Å². The number of rotatable bonds is 5. The zero-order valence-corrected chi connectivity index (χ0v) is 12.0. The Morgan fingerprint density at radius 1 is 1.45 bits per heavy atom. The second-order valence-corrected chi connectivity index (χ2v) is 5.68. The minimum atomic E-state index is -0.751. The minimum absolute atomic E-state index is 0.260. The van der Waals surface area contributed by atoms with E-state index >= 15 is 0 Å². The van der Waals surface area contributed by atoms with Crippen LogP contribution in [0.5, 0.6) is 0 Å². The maximum atomic E-state index is 11.5. The van der Waals surface area contributed by atoms with Crippen LogP contribution < -0.4 is 5.73 Å². The van der Waals surface area contributed by atoms with Gasteiger partial charge in [-0.3, -0.25) is 4.79 Å². The summed E-state index contributed by atoms with van der Waals surface area (Å²) in [5.41, 5.74) is 6.99. The van der Waals surface area contributed by atoms with Gasteiger partial charge in [0, 0.05) is 19.1 Å². The highest BCUT2D eigenvalue weighted by molar-refractivity contribution is 5.76. The van der Waals surface area contributed by atoms with Gasteiger partial charge in [0.15, 0.2) is 0 Å². The molecule has 20 heavy (non-hydrogen) atoms. The Bertz CT molecular complexity index is 435. The monoisotopic (exact) mass is 276 g/mol. The van der Waals surface area contributed by atoms with Crippen LogP contribution in [0.15, 0.2) is 30.3 Å². The molecule has 110 valence electrons. The molecule has 0 aromatic heterocycles. The molecule has 1 aromatic carbocycles. The van der Waals surface area contributed by atoms with E-state index in [9.17, 15) is 9.90 Å². The van der Waals surface area contributed by atoms with Gasteiger partial charge in [-0.15, -0.1) is 0 Å². The van der Waals surface area contributed by atoms with Gasteiger partial charge in [-0.1, -0.05) is 43.7 Å². The number of hydrogen-bond acceptors (Lipinski definition) is 3. The average Bonchev–Trinajstić information content (AvgIpc) is 2.47. The first kappa shape index (κ1) is 15.0. The van der Waals surface area contributed by atoms with Gasteiger partial charge >= 0.3 is 5.97 Å². The summed E-state index contributed by atoms with van der Waals surface area (Å²) in [6, 6.07) is 9.75. The molecule has 1 saturated heterocycles. The van der Waals surface area contributed by atoms with Crippen molar-refractivity contribution >= 4 is 5.97 Å². The Morgan fingerprint density at radius 2 is 2.15 bits per heavy atom. The van der Waals surface area contributed by atoms with Crippen molar-refractivity contribution in [2.24, 2.45) is 11.7 Å². The van der Waals surface area contributed by atoms with E-state index in [1.165, 1.54) is 0 Å². The Balaban J connectivity index is 2.04. The van der Waals surface area contributed by atoms with Crippen molar-refractivity contribution in [2.45, 2.75) is 31.7 Å². The molecule has 0 spiro atoms. The van der Waals surface area contributed by atoms with Gasteiger partial charge in [0.1, 0.15) is 0 Å². The smallest absolute Gasteiger partial charge is 0.312 e. The number of nitrogens with two attached hydrogens (primary N) is 1. The number of carboxylic acid groups (broad SMARTS) is 1. The molecule has 2 rings (SSSR count). The Morgan fingerprint density at radius 3 is 2.75 bits per heavy atom. The lowest BCUT2D eigenvalue weighted by Gasteiger charge is -2.37. The molecule has 4 heteroatoms. The summed E-state index contributed by atoms with van der Waals surface area (Å²) >= 11 is 0. The standard InChI is InChI=1S/C16H24N2O2/c1-2-12-10-18(9-8-15(12)17)11-14(16(19)20)13-6-4-3-5-7-13/h3-7,12,14-15H,2,8-11,17H2,1H3,(H,19,20). The molecule has 4 nitrogen and oxygen atoms in total. The topological polar surface area (TPSA) is 66.6 Å². The number of aliphatic carboxylic acids is 1. The molecule has 0 amide bonds. The summed E-state index contributed by atoms with van der Waals surface area (Å²) in [6.07, 6.45) is 2.01. The highest BCUT2D eigenvalue weighted by atomic mass is 16.4. The molecule has 0 saturated carbocycles. The van der Waals surface area contributed by atoms with E-state index in [1.54, 1.807) is 0 Å². The lowest BCUT2D eigenvalue weighted by Crippen LogP contribution is -2.48. The molecule has 0 aliphatic carbocycles. The molecule has 1 fully saturated rings. The fourth-order valence-electron chi connectivity index (χ4n) is 2.99. The summed E-state index contributed by atoms with van der Waals surface area (Å²) in [5, 5.41) is 9.48. The van der Waals surface area contributed by atoms with Crippen LogP contribution in [0, 0.1) is 5.92 Å². The lowest BCUT2D eigenvalue weighted by atomic mass is 9.89. The third-order valence-corrected chi connectivity index (χ3v) is 4.34. The van der Waals surface area contributed by atoms with Crippen molar-refractivity contribution in [2.75, 3.05) is 19.6 Å². The van der Waals surface area contributed by atoms with Gasteiger partial charge in [0.2, 0.25) is 0 Å². The molecule has 3 N–H and O–H groups in total. The van der Waals surface area contributed by atoms with E-state index in [0.29, 0.717) is 12.5 Å². The molecule has 3 atom stereocenters. The van der Waals surface area contributed by atoms with E-state index in [4.69, 9.17) is 5.73 Å². The third kappa shape index (κ3) is 3.58. The second-order valence-electron chi connectivity index (χ2n) is 5.68. The van der Waals surface area contributed by atoms with Crippen molar-refractivity contribution in [3.8, 4) is 0 Å². The number of carbonyl (C=O) groups is 1. The van der Waals surface area contributed by atoms with Gasteiger partial charge in [-0.2, -0.15) is 0 Å². The van der Waals surface area contributed by atoms with Crippen LogP contribution in [-0.2, 0) is 4.79 Å². The zero-order valence-electron chi connectivity index (χ0n) is 12.0. The van der Waals surface area contributed by atoms with E-state index in [1.807, 2.05) is 30.3 Å². The van der Waals surface area contributed by atoms with Crippen molar-refractivity contribution < 1.29 is 9.90 Å². The Kier molecular flexibility index (Phi) is 5.15.